The van der Waals surface area contributed by atoms with Gasteiger partial charge in [0.15, 0.2) is 0 Å². The van der Waals surface area contributed by atoms with E-state index in [0.29, 0.717) is 0 Å². The highest BCUT2D eigenvalue weighted by Crippen LogP contribution is 1.84. The predicted octanol–water partition coefficient (Wildman–Crippen LogP) is -4.99. The van der Waals surface area contributed by atoms with Gasteiger partial charge in [-0.05, 0) is 64.9 Å². The zero-order chi connectivity index (χ0) is 9.02. The molecule has 0 aliphatic rings. The van der Waals surface area contributed by atoms with Crippen molar-refractivity contribution >= 4 is 79.0 Å². The summed E-state index contributed by atoms with van der Waals surface area (Å²) in [6.07, 6.45) is -0.796. The molecule has 0 amide bonds. The van der Waals surface area contributed by atoms with Gasteiger partial charge in [-0.25, -0.2) is 0 Å². The number of rotatable bonds is 4. The SMILES string of the molecule is [B]B([B])[B]B(B([B])[B])B([B])[BH3-]. The van der Waals surface area contributed by atoms with Gasteiger partial charge in [-0.15, -0.1) is 6.39 Å². The molecule has 0 atom stereocenters. The largest absolute Gasteiger partial charge is 0.128 e. The second-order valence-corrected chi connectivity index (χ2v) is 2.12. The molecule has 0 aromatic heterocycles. The Morgan fingerprint density at radius 1 is 1.00 bits per heavy atom. The lowest BCUT2D eigenvalue weighted by molar-refractivity contribution is 3.54. The highest BCUT2D eigenvalue weighted by molar-refractivity contribution is 7.97. The van der Waals surface area contributed by atoms with Gasteiger partial charge < -0.3 is 0 Å². The van der Waals surface area contributed by atoms with Crippen molar-refractivity contribution in [2.75, 3.05) is 0 Å². The molecular formula is H3B11-. The number of hydrogen-bond acceptors (Lipinski definition) is 0. The lowest BCUT2D eigenvalue weighted by Gasteiger charge is -2.25. The highest BCUT2D eigenvalue weighted by Gasteiger charge is 2.19. The van der Waals surface area contributed by atoms with Crippen LogP contribution in [0.15, 0.2) is 0 Å². The molecule has 0 aliphatic carbocycles. The summed E-state index contributed by atoms with van der Waals surface area (Å²) in [4.78, 5) is 0. The van der Waals surface area contributed by atoms with Crippen molar-refractivity contribution in [3.05, 3.63) is 0 Å². The summed E-state index contributed by atoms with van der Waals surface area (Å²) in [5, 5.41) is 0. The molecule has 11 radical (unpaired) electrons. The van der Waals surface area contributed by atoms with Crippen molar-refractivity contribution in [3.8, 4) is 0 Å². The van der Waals surface area contributed by atoms with Crippen LogP contribution in [0.4, 0.5) is 0 Å². The van der Waals surface area contributed by atoms with Crippen molar-refractivity contribution in [2.45, 2.75) is 0 Å². The van der Waals surface area contributed by atoms with Crippen LogP contribution in [0, 0.1) is 0 Å². The molecule has 11 heteroatoms. The van der Waals surface area contributed by atoms with Gasteiger partial charge in [-0.3, -0.25) is 0 Å². The number of hydrogen-bond donors (Lipinski definition) is 0. The summed E-state index contributed by atoms with van der Waals surface area (Å²) < 4.78 is 0. The predicted molar refractivity (Wildman–Crippen MR) is 67.5 cm³/mol. The Labute approximate surface area is 79.4 Å². The van der Waals surface area contributed by atoms with E-state index in [-0.39, 0.29) is 20.5 Å². The van der Waals surface area contributed by atoms with Gasteiger partial charge in [0.25, 0.3) is 0 Å². The fraction of sp³-hybridized carbons (Fsp3) is 0. The highest BCUT2D eigenvalue weighted by atomic mass is 13.0. The molecule has 0 aromatic carbocycles. The first-order chi connectivity index (χ1) is 4.95. The molecule has 0 spiro atoms. The Kier molecular flexibility index (Phi) is 5.72. The molecule has 0 nitrogen and oxygen atoms in total. The van der Waals surface area contributed by atoms with Crippen molar-refractivity contribution < 1.29 is 0 Å². The molecule has 0 rings (SSSR count). The van der Waals surface area contributed by atoms with Crippen molar-refractivity contribution in [2.24, 2.45) is 0 Å². The standard InChI is InChI=1S/B11H3/c1-8(2)7-11(9(3)4)10(5)6/h3H3/q-1. The summed E-state index contributed by atoms with van der Waals surface area (Å²) >= 11 is 0. The van der Waals surface area contributed by atoms with Gasteiger partial charge in [-0.2, -0.15) is 0 Å². The average molecular weight is 122 g/mol. The minimum atomic E-state index is -0.473. The Hall–Kier alpha value is 0.714. The van der Waals surface area contributed by atoms with E-state index in [4.69, 9.17) is 38.7 Å². The molecule has 0 saturated carbocycles. The maximum atomic E-state index is 5.69. The first-order valence-electron chi connectivity index (χ1n) is 3.00. The van der Waals surface area contributed by atoms with E-state index >= 15 is 0 Å². The first kappa shape index (κ1) is 11.7. The van der Waals surface area contributed by atoms with Crippen LogP contribution in [0.2, 0.25) is 0 Å². The zero-order valence-electron chi connectivity index (χ0n) is 5.77. The van der Waals surface area contributed by atoms with Gasteiger partial charge in [0.05, 0.1) is 0 Å². The van der Waals surface area contributed by atoms with E-state index in [1.807, 2.05) is 0 Å². The van der Waals surface area contributed by atoms with Crippen molar-refractivity contribution in [1.29, 1.82) is 0 Å². The van der Waals surface area contributed by atoms with E-state index in [1.54, 1.807) is 7.06 Å². The summed E-state index contributed by atoms with van der Waals surface area (Å²) in [5.41, 5.74) is 0. The summed E-state index contributed by atoms with van der Waals surface area (Å²) in [6.45, 7) is 0. The van der Waals surface area contributed by atoms with Crippen LogP contribution in [0.1, 0.15) is 0 Å². The normalized spacial score (nSPS) is 8.45. The molecule has 0 aliphatic heterocycles. The lowest BCUT2D eigenvalue weighted by Crippen LogP contribution is -2.59. The van der Waals surface area contributed by atoms with Gasteiger partial charge >= 0.3 is 0 Å². The minimum absolute atomic E-state index is 0.0185. The maximum absolute atomic E-state index is 5.69. The van der Waals surface area contributed by atoms with Crippen LogP contribution in [-0.2, 0) is 0 Å². The average Bonchev–Trinajstić information content (AvgIpc) is 1.81. The molecule has 37 valence electrons. The maximum Gasteiger partial charge on any atom is -0.00000163 e. The quantitative estimate of drug-likeness (QED) is 0.327. The van der Waals surface area contributed by atoms with E-state index in [1.165, 1.54) is 0 Å². The van der Waals surface area contributed by atoms with E-state index in [0.717, 1.165) is 0 Å². The van der Waals surface area contributed by atoms with Crippen LogP contribution < -0.4 is 0 Å². The molecule has 0 aromatic rings. The molecule has 0 saturated heterocycles. The minimum Gasteiger partial charge on any atom is -0.128 e. The van der Waals surface area contributed by atoms with Gasteiger partial charge in [-0.1, -0.05) is 7.74 Å². The molecule has 11 heavy (non-hydrogen) atoms. The lowest BCUT2D eigenvalue weighted by atomic mass is 8.60. The van der Waals surface area contributed by atoms with Crippen LogP contribution in [-0.4, -0.2) is 79.0 Å². The second-order valence-electron chi connectivity index (χ2n) is 2.12. The molecule has 0 unspecified atom stereocenters. The van der Waals surface area contributed by atoms with Gasteiger partial charge in [0.2, 0.25) is 0 Å². The fourth-order valence-electron chi connectivity index (χ4n) is 0.577. The third kappa shape index (κ3) is 5.03. The Bertz CT molecular complexity index is 82.2. The summed E-state index contributed by atoms with van der Waals surface area (Å²) in [5.74, 6) is 0. The second kappa shape index (κ2) is 5.38. The zero-order valence-corrected chi connectivity index (χ0v) is 5.77. The van der Waals surface area contributed by atoms with Gasteiger partial charge in [0.1, 0.15) is 0 Å². The third-order valence-corrected chi connectivity index (χ3v) is 1.11. The molecular weight excluding hydrogens is 119 g/mol. The van der Waals surface area contributed by atoms with E-state index < -0.39 is 12.8 Å². The van der Waals surface area contributed by atoms with E-state index in [2.05, 4.69) is 0 Å². The summed E-state index contributed by atoms with van der Waals surface area (Å²) in [7, 11) is 29.1. The van der Waals surface area contributed by atoms with Crippen LogP contribution >= 0.6 is 0 Å². The third-order valence-electron chi connectivity index (χ3n) is 1.11. The summed E-state index contributed by atoms with van der Waals surface area (Å²) in [6, 6.07) is 0. The molecule has 0 fully saturated rings. The van der Waals surface area contributed by atoms with Crippen molar-refractivity contribution in [3.63, 3.8) is 0 Å². The monoisotopic (exact) mass is 124 g/mol. The van der Waals surface area contributed by atoms with Gasteiger partial charge in [0, 0.05) is 0 Å². The van der Waals surface area contributed by atoms with Crippen LogP contribution in [0.5, 0.6) is 0 Å². The fourth-order valence-corrected chi connectivity index (χ4v) is 0.577. The first-order valence-corrected chi connectivity index (χ1v) is 3.00. The van der Waals surface area contributed by atoms with Crippen molar-refractivity contribution in [1.82, 2.24) is 0 Å². The Balaban J connectivity index is 3.90. The topological polar surface area (TPSA) is 0 Å². The Morgan fingerprint density at radius 2 is 1.45 bits per heavy atom. The molecule has 0 heterocycles. The Morgan fingerprint density at radius 3 is 1.55 bits per heavy atom. The van der Waals surface area contributed by atoms with Crippen LogP contribution in [0.3, 0.4) is 0 Å². The molecule has 0 N–H and O–H groups in total. The van der Waals surface area contributed by atoms with E-state index in [9.17, 15) is 0 Å². The smallest absolute Gasteiger partial charge is 0.00000163 e. The molecule has 0 bridgehead atoms. The van der Waals surface area contributed by atoms with Crippen LogP contribution in [0.25, 0.3) is 0 Å².